The summed E-state index contributed by atoms with van der Waals surface area (Å²) in [7, 11) is 1.60. The van der Waals surface area contributed by atoms with Gasteiger partial charge in [0.15, 0.2) is 0 Å². The lowest BCUT2D eigenvalue weighted by atomic mass is 9.99. The second-order valence-corrected chi connectivity index (χ2v) is 9.92. The van der Waals surface area contributed by atoms with E-state index < -0.39 is 12.1 Å². The number of aryl methyl sites for hydroxylation is 1. The van der Waals surface area contributed by atoms with Crippen molar-refractivity contribution in [2.24, 2.45) is 0 Å². The fraction of sp³-hybridized carbons (Fsp3) is 0.500. The van der Waals surface area contributed by atoms with E-state index in [0.29, 0.717) is 31.4 Å². The Kier molecular flexibility index (Phi) is 11.5. The number of β-amino-alcohol motifs (C(OH)–C–C–N with tert-alkyl or cyclic N) is 1. The lowest BCUT2D eigenvalue weighted by molar-refractivity contribution is -0.137. The molecule has 0 spiro atoms. The van der Waals surface area contributed by atoms with E-state index in [2.05, 4.69) is 23.1 Å². The number of hydrogen-bond donors (Lipinski definition) is 1. The monoisotopic (exact) mass is 529 g/mol. The van der Waals surface area contributed by atoms with Gasteiger partial charge in [0.2, 0.25) is 0 Å². The van der Waals surface area contributed by atoms with Gasteiger partial charge in [-0.1, -0.05) is 42.8 Å². The molecule has 1 saturated heterocycles. The van der Waals surface area contributed by atoms with Crippen molar-refractivity contribution in [2.45, 2.75) is 64.7 Å². The number of rotatable bonds is 13. The number of hydrogen-bond acceptors (Lipinski definition) is 6. The average Bonchev–Trinajstić information content (AvgIpc) is 3.31. The molecule has 0 aromatic heterocycles. The summed E-state index contributed by atoms with van der Waals surface area (Å²) >= 11 is 6.33. The molecule has 0 radical (unpaired) electrons. The fourth-order valence-electron chi connectivity index (χ4n) is 4.92. The second-order valence-electron chi connectivity index (χ2n) is 9.51. The second kappa shape index (κ2) is 14.5. The number of likely N-dealkylation sites (tertiary alicyclic amines) is 1. The molecule has 1 N–H and O–H groups in total. The van der Waals surface area contributed by atoms with Gasteiger partial charge >= 0.3 is 5.97 Å². The Morgan fingerprint density at radius 3 is 2.78 bits per heavy atom. The molecule has 3 rings (SSSR count). The van der Waals surface area contributed by atoms with Gasteiger partial charge in [-0.15, -0.1) is 0 Å². The van der Waals surface area contributed by atoms with E-state index in [4.69, 9.17) is 25.8 Å². The Balaban J connectivity index is 1.63. The third-order valence-corrected chi connectivity index (χ3v) is 7.26. The van der Waals surface area contributed by atoms with Gasteiger partial charge in [-0.2, -0.15) is 0 Å². The van der Waals surface area contributed by atoms with E-state index in [1.54, 1.807) is 20.1 Å². The molecule has 1 aliphatic rings. The molecular weight excluding hydrogens is 490 g/mol. The largest absolute Gasteiger partial charge is 0.496 e. The summed E-state index contributed by atoms with van der Waals surface area (Å²) in [6.07, 6.45) is 6.11. The Bertz CT molecular complexity index is 1060. The van der Waals surface area contributed by atoms with Gasteiger partial charge < -0.3 is 19.3 Å². The van der Waals surface area contributed by atoms with Crippen molar-refractivity contribution in [3.8, 4) is 5.75 Å². The Labute approximate surface area is 226 Å². The third-order valence-electron chi connectivity index (χ3n) is 6.85. The summed E-state index contributed by atoms with van der Waals surface area (Å²) in [4.78, 5) is 14.3. The molecule has 2 aromatic carbocycles. The number of aliphatic hydroxyl groups is 1. The SMILES string of the molecule is CCOC(=O)/C=C/c1c(OC)cccc1[C@@H](CC)OC[C@H](O)CN1CCC[C@H]1Cc1ccc(C)c(Cl)c1. The van der Waals surface area contributed by atoms with E-state index in [1.165, 1.54) is 11.6 Å². The minimum absolute atomic E-state index is 0.219. The van der Waals surface area contributed by atoms with Crippen LogP contribution in [0.2, 0.25) is 5.02 Å². The standard InChI is InChI=1S/C30H40ClNO5/c1-5-28(25-10-7-11-29(35-4)26(25)14-15-30(34)36-6-2)37-20-24(33)19-32-16-8-9-23(32)17-22-13-12-21(3)27(31)18-22/h7,10-15,18,23-24,28,33H,5-6,8-9,16-17,19-20H2,1-4H3/b15-14+/t23-,24+,28+/m0/s1. The van der Waals surface area contributed by atoms with Gasteiger partial charge in [0.05, 0.1) is 32.5 Å². The van der Waals surface area contributed by atoms with Crippen molar-refractivity contribution in [1.29, 1.82) is 0 Å². The molecule has 2 aromatic rings. The van der Waals surface area contributed by atoms with E-state index >= 15 is 0 Å². The van der Waals surface area contributed by atoms with Crippen LogP contribution >= 0.6 is 11.6 Å². The van der Waals surface area contributed by atoms with Crippen LogP contribution in [0.1, 0.15) is 61.5 Å². The minimum atomic E-state index is -0.611. The summed E-state index contributed by atoms with van der Waals surface area (Å²) in [5.41, 5.74) is 3.99. The van der Waals surface area contributed by atoms with Crippen LogP contribution in [0.5, 0.6) is 5.75 Å². The van der Waals surface area contributed by atoms with Crippen LogP contribution in [0, 0.1) is 6.92 Å². The lowest BCUT2D eigenvalue weighted by Gasteiger charge is -2.28. The molecule has 37 heavy (non-hydrogen) atoms. The van der Waals surface area contributed by atoms with Crippen molar-refractivity contribution in [1.82, 2.24) is 4.90 Å². The molecule has 7 heteroatoms. The molecule has 0 aliphatic carbocycles. The highest BCUT2D eigenvalue weighted by atomic mass is 35.5. The number of ether oxygens (including phenoxy) is 3. The first-order valence-electron chi connectivity index (χ1n) is 13.2. The molecule has 1 heterocycles. The maximum Gasteiger partial charge on any atom is 0.330 e. The zero-order valence-corrected chi connectivity index (χ0v) is 23.2. The zero-order valence-electron chi connectivity index (χ0n) is 22.4. The van der Waals surface area contributed by atoms with E-state index in [9.17, 15) is 9.90 Å². The van der Waals surface area contributed by atoms with Gasteiger partial charge in [-0.05, 0) is 81.0 Å². The number of carbonyl (C=O) groups is 1. The van der Waals surface area contributed by atoms with Crippen molar-refractivity contribution in [2.75, 3.05) is 33.4 Å². The lowest BCUT2D eigenvalue weighted by Crippen LogP contribution is -2.39. The van der Waals surface area contributed by atoms with Crippen LogP contribution in [0.25, 0.3) is 6.08 Å². The predicted octanol–water partition coefficient (Wildman–Crippen LogP) is 5.77. The quantitative estimate of drug-likeness (QED) is 0.262. The smallest absolute Gasteiger partial charge is 0.330 e. The van der Waals surface area contributed by atoms with Crippen molar-refractivity contribution < 1.29 is 24.1 Å². The van der Waals surface area contributed by atoms with Gasteiger partial charge in [-0.3, -0.25) is 4.90 Å². The Morgan fingerprint density at radius 1 is 1.27 bits per heavy atom. The van der Waals surface area contributed by atoms with Gasteiger partial charge in [0, 0.05) is 29.2 Å². The van der Waals surface area contributed by atoms with Crippen LogP contribution in [0.4, 0.5) is 0 Å². The minimum Gasteiger partial charge on any atom is -0.496 e. The van der Waals surface area contributed by atoms with Crippen molar-refractivity contribution in [3.63, 3.8) is 0 Å². The van der Waals surface area contributed by atoms with Crippen LogP contribution in [0.15, 0.2) is 42.5 Å². The number of halogens is 1. The highest BCUT2D eigenvalue weighted by Crippen LogP contribution is 2.32. The van der Waals surface area contributed by atoms with Gasteiger partial charge in [-0.25, -0.2) is 4.79 Å². The van der Waals surface area contributed by atoms with Crippen LogP contribution < -0.4 is 4.74 Å². The topological polar surface area (TPSA) is 68.2 Å². The molecule has 3 atom stereocenters. The maximum atomic E-state index is 11.9. The van der Waals surface area contributed by atoms with Gasteiger partial charge in [0.25, 0.3) is 0 Å². The maximum absolute atomic E-state index is 11.9. The first kappa shape index (κ1) is 29.2. The summed E-state index contributed by atoms with van der Waals surface area (Å²) in [6.45, 7) is 7.89. The van der Waals surface area contributed by atoms with E-state index in [1.807, 2.05) is 32.0 Å². The number of esters is 1. The van der Waals surface area contributed by atoms with Gasteiger partial charge in [0.1, 0.15) is 5.75 Å². The number of carbonyl (C=O) groups excluding carboxylic acids is 1. The van der Waals surface area contributed by atoms with Crippen LogP contribution in [-0.2, 0) is 20.7 Å². The molecule has 0 saturated carbocycles. The molecular formula is C30H40ClNO5. The normalized spacial score (nSPS) is 17.7. The molecule has 6 nitrogen and oxygen atoms in total. The average molecular weight is 530 g/mol. The number of aliphatic hydroxyl groups excluding tert-OH is 1. The Hall–Kier alpha value is -2.38. The number of nitrogens with zero attached hydrogens (tertiary/aromatic N) is 1. The fourth-order valence-corrected chi connectivity index (χ4v) is 5.12. The van der Waals surface area contributed by atoms with Crippen molar-refractivity contribution in [3.05, 3.63) is 69.8 Å². The number of methoxy groups -OCH3 is 1. The molecule has 0 unspecified atom stereocenters. The summed E-state index contributed by atoms with van der Waals surface area (Å²) in [5, 5.41) is 11.7. The molecule has 1 aliphatic heterocycles. The first-order chi connectivity index (χ1) is 17.9. The highest BCUT2D eigenvalue weighted by Gasteiger charge is 2.27. The summed E-state index contributed by atoms with van der Waals surface area (Å²) < 4.78 is 16.8. The van der Waals surface area contributed by atoms with Crippen LogP contribution in [0.3, 0.4) is 0 Å². The zero-order chi connectivity index (χ0) is 26.8. The summed E-state index contributed by atoms with van der Waals surface area (Å²) in [6, 6.07) is 12.4. The third kappa shape index (κ3) is 8.30. The molecule has 202 valence electrons. The Morgan fingerprint density at radius 2 is 2.08 bits per heavy atom. The highest BCUT2D eigenvalue weighted by molar-refractivity contribution is 6.31. The first-order valence-corrected chi connectivity index (χ1v) is 13.5. The van der Waals surface area contributed by atoms with Crippen molar-refractivity contribution >= 4 is 23.6 Å². The van der Waals surface area contributed by atoms with E-state index in [-0.39, 0.29) is 12.7 Å². The van der Waals surface area contributed by atoms with E-state index in [0.717, 1.165) is 47.5 Å². The molecule has 1 fully saturated rings. The number of benzene rings is 2. The van der Waals surface area contributed by atoms with Crippen LogP contribution in [-0.4, -0.2) is 61.5 Å². The molecule has 0 amide bonds. The summed E-state index contributed by atoms with van der Waals surface area (Å²) in [5.74, 6) is 0.244. The predicted molar refractivity (Wildman–Crippen MR) is 148 cm³/mol. The molecule has 0 bridgehead atoms.